The summed E-state index contributed by atoms with van der Waals surface area (Å²) in [6, 6.07) is 6.10. The fourth-order valence-electron chi connectivity index (χ4n) is 3.63. The van der Waals surface area contributed by atoms with E-state index in [0.29, 0.717) is 37.8 Å². The average molecular weight is 488 g/mol. The Labute approximate surface area is 192 Å². The van der Waals surface area contributed by atoms with Crippen molar-refractivity contribution in [1.82, 2.24) is 15.1 Å². The Morgan fingerprint density at radius 3 is 2.24 bits per heavy atom. The molecule has 2 fully saturated rings. The van der Waals surface area contributed by atoms with Crippen LogP contribution in [-0.2, 0) is 4.79 Å². The first-order chi connectivity index (χ1) is 15.7. The maximum absolute atomic E-state index is 12.9. The molecule has 8 nitrogen and oxygen atoms in total. The van der Waals surface area contributed by atoms with Crippen molar-refractivity contribution in [2.45, 2.75) is 31.5 Å². The van der Waals surface area contributed by atoms with Crippen molar-refractivity contribution in [2.75, 3.05) is 32.7 Å². The number of carbonyl (C=O) groups is 3. The number of halogens is 3. The number of nitrogens with zero attached hydrogens (tertiary/aromatic N) is 2. The number of alkyl halides is 3. The summed E-state index contributed by atoms with van der Waals surface area (Å²) in [7, 11) is 0. The molecule has 2 aliphatic rings. The van der Waals surface area contributed by atoms with Gasteiger partial charge >= 0.3 is 12.1 Å². The number of nitrogens with one attached hydrogen (secondary N) is 1. The van der Waals surface area contributed by atoms with Crippen LogP contribution in [0, 0.1) is 0 Å². The number of hydrogen-bond donors (Lipinski definition) is 2. The van der Waals surface area contributed by atoms with Crippen LogP contribution in [0.15, 0.2) is 35.1 Å². The summed E-state index contributed by atoms with van der Waals surface area (Å²) >= 11 is 1.60. The minimum atomic E-state index is -5.08. The molecule has 33 heavy (non-hydrogen) atoms. The molecular formula is C21H24F3N3O5S. The van der Waals surface area contributed by atoms with Gasteiger partial charge in [-0.3, -0.25) is 9.59 Å². The molecular weight excluding hydrogens is 463 g/mol. The number of carbonyl (C=O) groups excluding carboxylic acids is 2. The van der Waals surface area contributed by atoms with Gasteiger partial charge in [0, 0.05) is 37.1 Å². The van der Waals surface area contributed by atoms with Crippen LogP contribution in [0.2, 0.25) is 0 Å². The predicted octanol–water partition coefficient (Wildman–Crippen LogP) is 3.39. The molecule has 2 saturated heterocycles. The molecule has 0 aromatic carbocycles. The van der Waals surface area contributed by atoms with Crippen LogP contribution in [0.1, 0.15) is 50.2 Å². The summed E-state index contributed by atoms with van der Waals surface area (Å²) in [5.41, 5.74) is 0.566. The van der Waals surface area contributed by atoms with Crippen molar-refractivity contribution >= 4 is 29.1 Å². The highest BCUT2D eigenvalue weighted by molar-refractivity contribution is 7.14. The molecule has 0 spiro atoms. The molecule has 2 amide bonds. The number of carboxylic acids is 1. The first kappa shape index (κ1) is 24.8. The third-order valence-corrected chi connectivity index (χ3v) is 6.51. The predicted molar refractivity (Wildman–Crippen MR) is 113 cm³/mol. The zero-order valence-electron chi connectivity index (χ0n) is 17.6. The lowest BCUT2D eigenvalue weighted by Gasteiger charge is -2.21. The maximum Gasteiger partial charge on any atom is 0.490 e. The van der Waals surface area contributed by atoms with Crippen molar-refractivity contribution in [3.05, 3.63) is 46.0 Å². The summed E-state index contributed by atoms with van der Waals surface area (Å²) in [5, 5.41) is 10.6. The fraction of sp³-hybridized carbons (Fsp3) is 0.476. The van der Waals surface area contributed by atoms with Gasteiger partial charge in [0.25, 0.3) is 11.8 Å². The van der Waals surface area contributed by atoms with Crippen LogP contribution in [-0.4, -0.2) is 71.6 Å². The molecule has 4 rings (SSSR count). The molecule has 2 aromatic heterocycles. The third-order valence-electron chi connectivity index (χ3n) is 5.32. The number of furan rings is 1. The molecule has 0 saturated carbocycles. The van der Waals surface area contributed by atoms with E-state index in [1.165, 1.54) is 23.8 Å². The van der Waals surface area contributed by atoms with Gasteiger partial charge in [-0.05, 0) is 44.0 Å². The Balaban J connectivity index is 0.000000383. The second kappa shape index (κ2) is 10.8. The average Bonchev–Trinajstić information content (AvgIpc) is 3.52. The summed E-state index contributed by atoms with van der Waals surface area (Å²) < 4.78 is 36.7. The van der Waals surface area contributed by atoms with Crippen LogP contribution in [0.3, 0.4) is 0 Å². The van der Waals surface area contributed by atoms with Gasteiger partial charge < -0.3 is 24.6 Å². The molecule has 1 unspecified atom stereocenters. The minimum absolute atomic E-state index is 0.0289. The highest BCUT2D eigenvalue weighted by atomic mass is 32.1. The van der Waals surface area contributed by atoms with Gasteiger partial charge in [-0.25, -0.2) is 4.79 Å². The third kappa shape index (κ3) is 6.57. The van der Waals surface area contributed by atoms with Crippen molar-refractivity contribution in [3.63, 3.8) is 0 Å². The molecule has 2 N–H and O–H groups in total. The van der Waals surface area contributed by atoms with Crippen molar-refractivity contribution < 1.29 is 37.1 Å². The van der Waals surface area contributed by atoms with Gasteiger partial charge in [0.2, 0.25) is 0 Å². The number of hydrogen-bond acceptors (Lipinski definition) is 6. The van der Waals surface area contributed by atoms with Gasteiger partial charge in [-0.1, -0.05) is 0 Å². The number of aliphatic carboxylic acids is 1. The second-order valence-corrected chi connectivity index (χ2v) is 8.72. The zero-order chi connectivity index (χ0) is 24.0. The molecule has 0 bridgehead atoms. The molecule has 1 atom stereocenters. The Morgan fingerprint density at radius 1 is 1.03 bits per heavy atom. The summed E-state index contributed by atoms with van der Waals surface area (Å²) in [4.78, 5) is 40.0. The lowest BCUT2D eigenvalue weighted by Crippen LogP contribution is -2.37. The Kier molecular flexibility index (Phi) is 8.14. The van der Waals surface area contributed by atoms with E-state index >= 15 is 0 Å². The largest absolute Gasteiger partial charge is 0.490 e. The Bertz CT molecular complexity index is 955. The number of rotatable bonds is 3. The number of carboxylic acid groups (broad SMARTS) is 1. The number of amides is 2. The smallest absolute Gasteiger partial charge is 0.475 e. The van der Waals surface area contributed by atoms with Crippen molar-refractivity contribution in [1.29, 1.82) is 0 Å². The lowest BCUT2D eigenvalue weighted by molar-refractivity contribution is -0.192. The zero-order valence-corrected chi connectivity index (χ0v) is 18.5. The summed E-state index contributed by atoms with van der Waals surface area (Å²) in [6.45, 7) is 3.52. The maximum atomic E-state index is 12.9. The van der Waals surface area contributed by atoms with E-state index in [1.54, 1.807) is 22.3 Å². The van der Waals surface area contributed by atoms with Crippen molar-refractivity contribution in [2.24, 2.45) is 0 Å². The standard InChI is InChI=1S/C19H23N3O3S.C2HF3O2/c23-18(14-6-12-25-13-14)21-8-2-9-22(11-10-21)19(24)17-5-4-16(26-17)15-3-1-7-20-15;3-2(4,5)1(6)7/h4-6,12-13,15,20H,1-3,7-11H2;(H,6,7). The quantitative estimate of drug-likeness (QED) is 0.688. The van der Waals surface area contributed by atoms with E-state index in [9.17, 15) is 22.8 Å². The van der Waals surface area contributed by atoms with E-state index in [0.717, 1.165) is 24.3 Å². The summed E-state index contributed by atoms with van der Waals surface area (Å²) in [6.07, 6.45) is 1.02. The highest BCUT2D eigenvalue weighted by Crippen LogP contribution is 2.30. The first-order valence-electron chi connectivity index (χ1n) is 10.4. The molecule has 0 radical (unpaired) electrons. The van der Waals surface area contributed by atoms with Crippen LogP contribution in [0.25, 0.3) is 0 Å². The second-order valence-electron chi connectivity index (χ2n) is 7.60. The molecule has 4 heterocycles. The van der Waals surface area contributed by atoms with Gasteiger partial charge in [0.05, 0.1) is 16.7 Å². The van der Waals surface area contributed by atoms with Gasteiger partial charge in [0.15, 0.2) is 0 Å². The topological polar surface area (TPSA) is 103 Å². The van der Waals surface area contributed by atoms with Crippen LogP contribution in [0.5, 0.6) is 0 Å². The molecule has 0 aliphatic carbocycles. The van der Waals surface area contributed by atoms with E-state index < -0.39 is 12.1 Å². The fourth-order valence-corrected chi connectivity index (χ4v) is 4.72. The van der Waals surface area contributed by atoms with Crippen LogP contribution >= 0.6 is 11.3 Å². The normalized spacial score (nSPS) is 18.9. The summed E-state index contributed by atoms with van der Waals surface area (Å²) in [5.74, 6) is -2.71. The van der Waals surface area contributed by atoms with E-state index in [1.807, 2.05) is 11.0 Å². The number of thiophene rings is 1. The minimum Gasteiger partial charge on any atom is -0.475 e. The van der Waals surface area contributed by atoms with E-state index in [-0.39, 0.29) is 11.8 Å². The molecule has 2 aliphatic heterocycles. The SMILES string of the molecule is O=C(O)C(F)(F)F.O=C(c1ccoc1)N1CCCN(C(=O)c2ccc(C3CCCN3)s2)CC1. The monoisotopic (exact) mass is 487 g/mol. The lowest BCUT2D eigenvalue weighted by atomic mass is 10.2. The Morgan fingerprint density at radius 2 is 1.70 bits per heavy atom. The molecule has 2 aromatic rings. The van der Waals surface area contributed by atoms with Gasteiger partial charge in [-0.2, -0.15) is 13.2 Å². The van der Waals surface area contributed by atoms with Crippen LogP contribution < -0.4 is 5.32 Å². The Hall–Kier alpha value is -2.86. The van der Waals surface area contributed by atoms with E-state index in [4.69, 9.17) is 14.3 Å². The van der Waals surface area contributed by atoms with Gasteiger partial charge in [0.1, 0.15) is 6.26 Å². The molecule has 12 heteroatoms. The van der Waals surface area contributed by atoms with E-state index in [2.05, 4.69) is 11.4 Å². The first-order valence-corrected chi connectivity index (χ1v) is 11.2. The van der Waals surface area contributed by atoms with Crippen LogP contribution in [0.4, 0.5) is 13.2 Å². The highest BCUT2D eigenvalue weighted by Gasteiger charge is 2.38. The van der Waals surface area contributed by atoms with Crippen molar-refractivity contribution in [3.8, 4) is 0 Å². The molecule has 180 valence electrons. The van der Waals surface area contributed by atoms with Gasteiger partial charge in [-0.15, -0.1) is 11.3 Å².